The summed E-state index contributed by atoms with van der Waals surface area (Å²) in [5.74, 6) is 0.0787. The third-order valence-corrected chi connectivity index (χ3v) is 10.7. The summed E-state index contributed by atoms with van der Waals surface area (Å²) < 4.78 is 29.7. The Morgan fingerprint density at radius 3 is 2.14 bits per heavy atom. The van der Waals surface area contributed by atoms with Crippen LogP contribution >= 0.6 is 0 Å². The summed E-state index contributed by atoms with van der Waals surface area (Å²) in [7, 11) is 1.30. The van der Waals surface area contributed by atoms with Crippen molar-refractivity contribution in [2.24, 2.45) is 11.3 Å². The van der Waals surface area contributed by atoms with Gasteiger partial charge in [-0.1, -0.05) is 27.7 Å². The van der Waals surface area contributed by atoms with Crippen molar-refractivity contribution in [3.05, 3.63) is 0 Å². The fourth-order valence-corrected chi connectivity index (χ4v) is 4.55. The van der Waals surface area contributed by atoms with E-state index in [1.165, 1.54) is 0 Å². The van der Waals surface area contributed by atoms with E-state index < -0.39 is 13.7 Å². The zero-order valence-corrected chi connectivity index (χ0v) is 21.5. The van der Waals surface area contributed by atoms with Crippen molar-refractivity contribution < 1.29 is 28.2 Å². The lowest BCUT2D eigenvalue weighted by Crippen LogP contribution is -2.51. The number of ether oxygens (including phenoxy) is 4. The van der Waals surface area contributed by atoms with Gasteiger partial charge in [0.1, 0.15) is 6.10 Å². The maximum absolute atomic E-state index is 12.2. The Morgan fingerprint density at radius 2 is 1.72 bits per heavy atom. The van der Waals surface area contributed by atoms with Gasteiger partial charge < -0.3 is 23.4 Å². The van der Waals surface area contributed by atoms with Crippen molar-refractivity contribution in [1.82, 2.24) is 0 Å². The highest BCUT2D eigenvalue weighted by Gasteiger charge is 2.46. The summed E-state index contributed by atoms with van der Waals surface area (Å²) in [6, 6.07) is 0. The Bertz CT molecular complexity index is 522. The monoisotopic (exact) mass is 432 g/mol. The maximum atomic E-state index is 12.2. The molecule has 7 heteroatoms. The molecule has 5 atom stereocenters. The van der Waals surface area contributed by atoms with E-state index in [9.17, 15) is 4.79 Å². The van der Waals surface area contributed by atoms with Gasteiger partial charge in [0.25, 0.3) is 0 Å². The molecule has 0 N–H and O–H groups in total. The van der Waals surface area contributed by atoms with Crippen molar-refractivity contribution in [2.45, 2.75) is 104 Å². The average Bonchev–Trinajstić information content (AvgIpc) is 2.94. The second kappa shape index (κ2) is 10.2. The number of carbonyl (C=O) groups excluding carboxylic acids is 1. The van der Waals surface area contributed by atoms with Crippen LogP contribution in [0.25, 0.3) is 0 Å². The zero-order valence-electron chi connectivity index (χ0n) is 20.5. The average molecular weight is 433 g/mol. The minimum absolute atomic E-state index is 0.0584. The van der Waals surface area contributed by atoms with Crippen LogP contribution in [0.5, 0.6) is 0 Å². The van der Waals surface area contributed by atoms with E-state index in [1.54, 1.807) is 14.2 Å². The van der Waals surface area contributed by atoms with Gasteiger partial charge in [0.15, 0.2) is 14.6 Å². The minimum atomic E-state index is -2.07. The van der Waals surface area contributed by atoms with Gasteiger partial charge in [0.05, 0.1) is 24.2 Å². The molecule has 1 aliphatic heterocycles. The fourth-order valence-electron chi connectivity index (χ4n) is 3.18. The Morgan fingerprint density at radius 1 is 1.14 bits per heavy atom. The molecule has 0 aliphatic carbocycles. The van der Waals surface area contributed by atoms with E-state index in [-0.39, 0.29) is 41.5 Å². The van der Waals surface area contributed by atoms with Crippen molar-refractivity contribution in [1.29, 1.82) is 0 Å². The molecule has 0 spiro atoms. The first-order valence-corrected chi connectivity index (χ1v) is 13.6. The quantitative estimate of drug-likeness (QED) is 0.386. The molecule has 0 saturated carbocycles. The van der Waals surface area contributed by atoms with Crippen molar-refractivity contribution in [3.63, 3.8) is 0 Å². The maximum Gasteiger partial charge on any atom is 0.311 e. The highest BCUT2D eigenvalue weighted by atomic mass is 28.4. The largest absolute Gasteiger partial charge is 0.465 e. The molecule has 6 nitrogen and oxygen atoms in total. The standard InChI is InChI=1S/C22H44O6Si/c1-15-14-17(24-8)27-18(15)19(25-9)16(28-29(10,11)22(5,6)7)12-13-26-20(23)21(2,3)4/h15-19H,12-14H2,1-11H3/t15-,16-,17+,18+,19+/m1/s1. The second-order valence-corrected chi connectivity index (χ2v) is 15.5. The van der Waals surface area contributed by atoms with E-state index in [4.69, 9.17) is 23.4 Å². The topological polar surface area (TPSA) is 63.2 Å². The van der Waals surface area contributed by atoms with E-state index in [2.05, 4.69) is 40.8 Å². The molecule has 0 aromatic heterocycles. The molecule has 0 aromatic rings. The van der Waals surface area contributed by atoms with Crippen LogP contribution in [0.15, 0.2) is 0 Å². The van der Waals surface area contributed by atoms with Crippen LogP contribution in [0.3, 0.4) is 0 Å². The van der Waals surface area contributed by atoms with Crippen LogP contribution in [-0.4, -0.2) is 59.7 Å². The highest BCUT2D eigenvalue weighted by Crippen LogP contribution is 2.40. The predicted molar refractivity (Wildman–Crippen MR) is 117 cm³/mol. The van der Waals surface area contributed by atoms with Crippen LogP contribution < -0.4 is 0 Å². The molecule has 1 heterocycles. The number of hydrogen-bond acceptors (Lipinski definition) is 6. The minimum Gasteiger partial charge on any atom is -0.465 e. The Hall–Kier alpha value is -0.473. The van der Waals surface area contributed by atoms with Crippen molar-refractivity contribution >= 4 is 14.3 Å². The SMILES string of the molecule is CO[C@@H]1C[C@@H](C)[C@@H]([C@@H](OC)[C@@H](CCOC(=O)C(C)(C)C)O[Si](C)(C)C(C)(C)C)O1. The molecule has 0 bridgehead atoms. The van der Waals surface area contributed by atoms with Crippen LogP contribution in [0, 0.1) is 11.3 Å². The first kappa shape index (κ1) is 26.6. The third-order valence-electron chi connectivity index (χ3n) is 6.16. The molecule has 1 rings (SSSR count). The summed E-state index contributed by atoms with van der Waals surface area (Å²) >= 11 is 0. The lowest BCUT2D eigenvalue weighted by Gasteiger charge is -2.42. The first-order valence-electron chi connectivity index (χ1n) is 10.7. The predicted octanol–water partition coefficient (Wildman–Crippen LogP) is 4.77. The Kier molecular flexibility index (Phi) is 9.36. The van der Waals surface area contributed by atoms with Crippen LogP contribution in [0.1, 0.15) is 61.3 Å². The van der Waals surface area contributed by atoms with Crippen LogP contribution in [0.4, 0.5) is 0 Å². The van der Waals surface area contributed by atoms with Gasteiger partial charge in [-0.2, -0.15) is 0 Å². The van der Waals surface area contributed by atoms with Crippen LogP contribution in [0.2, 0.25) is 18.1 Å². The second-order valence-electron chi connectivity index (χ2n) is 10.8. The molecule has 0 amide bonds. The van der Waals surface area contributed by atoms with E-state index in [1.807, 2.05) is 20.8 Å². The smallest absolute Gasteiger partial charge is 0.311 e. The summed E-state index contributed by atoms with van der Waals surface area (Å²) in [5, 5.41) is 0.0584. The summed E-state index contributed by atoms with van der Waals surface area (Å²) in [5.41, 5.74) is -0.523. The van der Waals surface area contributed by atoms with E-state index in [0.29, 0.717) is 13.0 Å². The van der Waals surface area contributed by atoms with E-state index >= 15 is 0 Å². The first-order chi connectivity index (χ1) is 13.1. The summed E-state index contributed by atoms with van der Waals surface area (Å²) in [4.78, 5) is 12.2. The van der Waals surface area contributed by atoms with Gasteiger partial charge in [-0.15, -0.1) is 0 Å². The summed E-state index contributed by atoms with van der Waals surface area (Å²) in [6.45, 7) is 19.1. The molecule has 0 unspecified atom stereocenters. The summed E-state index contributed by atoms with van der Waals surface area (Å²) in [6.07, 6.45) is 0.562. The van der Waals surface area contributed by atoms with Gasteiger partial charge >= 0.3 is 5.97 Å². The zero-order chi connectivity index (χ0) is 22.6. The number of rotatable bonds is 9. The third kappa shape index (κ3) is 7.31. The van der Waals surface area contributed by atoms with E-state index in [0.717, 1.165) is 6.42 Å². The molecule has 1 saturated heterocycles. The van der Waals surface area contributed by atoms with Crippen molar-refractivity contribution in [2.75, 3.05) is 20.8 Å². The normalized spacial score (nSPS) is 25.7. The van der Waals surface area contributed by atoms with Gasteiger partial charge in [-0.25, -0.2) is 0 Å². The highest BCUT2D eigenvalue weighted by molar-refractivity contribution is 6.74. The molecule has 0 radical (unpaired) electrons. The van der Waals surface area contributed by atoms with Crippen LogP contribution in [-0.2, 0) is 28.2 Å². The molecule has 29 heavy (non-hydrogen) atoms. The molecular formula is C22H44O6Si. The van der Waals surface area contributed by atoms with Gasteiger partial charge in [0, 0.05) is 27.1 Å². The van der Waals surface area contributed by atoms with Gasteiger partial charge in [0.2, 0.25) is 0 Å². The molecule has 172 valence electrons. The molecular weight excluding hydrogens is 388 g/mol. The lowest BCUT2D eigenvalue weighted by molar-refractivity contribution is -0.167. The Labute approximate surface area is 179 Å². The molecule has 1 fully saturated rings. The number of methoxy groups -OCH3 is 2. The number of carbonyl (C=O) groups is 1. The molecule has 1 aliphatic rings. The van der Waals surface area contributed by atoms with Gasteiger partial charge in [-0.05, 0) is 44.8 Å². The van der Waals surface area contributed by atoms with Crippen molar-refractivity contribution in [3.8, 4) is 0 Å². The number of esters is 1. The fraction of sp³-hybridized carbons (Fsp3) is 0.955. The number of hydrogen-bond donors (Lipinski definition) is 0. The molecule has 0 aromatic carbocycles. The van der Waals surface area contributed by atoms with Gasteiger partial charge in [-0.3, -0.25) is 4.79 Å². The lowest BCUT2D eigenvalue weighted by atomic mass is 9.94. The Balaban J connectivity index is 3.00.